The highest BCUT2D eigenvalue weighted by Crippen LogP contribution is 2.25. The first-order valence-corrected chi connectivity index (χ1v) is 8.76. The summed E-state index contributed by atoms with van der Waals surface area (Å²) >= 11 is 5.92. The molecule has 3 rings (SSSR count). The van der Waals surface area contributed by atoms with E-state index in [2.05, 4.69) is 5.32 Å². The van der Waals surface area contributed by atoms with Crippen molar-refractivity contribution >= 4 is 23.2 Å². The molecule has 0 saturated heterocycles. The van der Waals surface area contributed by atoms with E-state index in [9.17, 15) is 14.9 Å². The number of nitro groups is 1. The zero-order valence-electron chi connectivity index (χ0n) is 14.3. The Morgan fingerprint density at radius 1 is 0.963 bits per heavy atom. The summed E-state index contributed by atoms with van der Waals surface area (Å²) in [5.74, 6) is -0.601. The molecule has 0 bridgehead atoms. The second kappa shape index (κ2) is 8.47. The summed E-state index contributed by atoms with van der Waals surface area (Å²) in [5.41, 5.74) is 1.77. The van der Waals surface area contributed by atoms with Gasteiger partial charge in [-0.25, -0.2) is 0 Å². The molecule has 3 aromatic rings. The van der Waals surface area contributed by atoms with E-state index in [-0.39, 0.29) is 22.2 Å². The zero-order chi connectivity index (χ0) is 19.2. The molecule has 0 heterocycles. The van der Waals surface area contributed by atoms with Crippen LogP contribution in [0.3, 0.4) is 0 Å². The van der Waals surface area contributed by atoms with E-state index in [4.69, 9.17) is 11.6 Å². The molecule has 27 heavy (non-hydrogen) atoms. The van der Waals surface area contributed by atoms with E-state index in [1.807, 2.05) is 60.7 Å². The predicted molar refractivity (Wildman–Crippen MR) is 105 cm³/mol. The molecular formula is C21H17ClN2O3. The smallest absolute Gasteiger partial charge is 0.282 e. The molecule has 0 atom stereocenters. The van der Waals surface area contributed by atoms with Crippen LogP contribution in [0.2, 0.25) is 5.02 Å². The maximum absolute atomic E-state index is 12.6. The maximum atomic E-state index is 12.6. The number of carbonyl (C=O) groups is 1. The van der Waals surface area contributed by atoms with Crippen LogP contribution in [-0.2, 0) is 0 Å². The Morgan fingerprint density at radius 2 is 1.52 bits per heavy atom. The highest BCUT2D eigenvalue weighted by Gasteiger charge is 2.22. The van der Waals surface area contributed by atoms with Gasteiger partial charge in [-0.05, 0) is 23.3 Å². The van der Waals surface area contributed by atoms with Crippen LogP contribution < -0.4 is 5.32 Å². The lowest BCUT2D eigenvalue weighted by atomic mass is 9.91. The number of hydrogen-bond acceptors (Lipinski definition) is 3. The minimum absolute atomic E-state index is 0.0487. The van der Waals surface area contributed by atoms with Crippen molar-refractivity contribution in [2.45, 2.75) is 5.92 Å². The minimum Gasteiger partial charge on any atom is -0.351 e. The van der Waals surface area contributed by atoms with Crippen LogP contribution in [0, 0.1) is 10.1 Å². The van der Waals surface area contributed by atoms with Crippen molar-refractivity contribution < 1.29 is 9.72 Å². The Labute approximate surface area is 161 Å². The van der Waals surface area contributed by atoms with Gasteiger partial charge >= 0.3 is 0 Å². The molecule has 1 N–H and O–H groups in total. The average Bonchev–Trinajstić information content (AvgIpc) is 2.69. The van der Waals surface area contributed by atoms with Crippen molar-refractivity contribution in [3.63, 3.8) is 0 Å². The van der Waals surface area contributed by atoms with Gasteiger partial charge in [0, 0.05) is 23.6 Å². The molecule has 3 aromatic carbocycles. The van der Waals surface area contributed by atoms with Crippen LogP contribution in [0.1, 0.15) is 27.4 Å². The fourth-order valence-corrected chi connectivity index (χ4v) is 3.11. The number of nitro benzene ring substituents is 1. The van der Waals surface area contributed by atoms with E-state index in [0.717, 1.165) is 11.1 Å². The summed E-state index contributed by atoms with van der Waals surface area (Å²) in [6.07, 6.45) is 0. The number of nitrogens with zero attached hydrogens (tertiary/aromatic N) is 1. The van der Waals surface area contributed by atoms with Gasteiger partial charge in [0.2, 0.25) is 0 Å². The Balaban J connectivity index is 1.85. The lowest BCUT2D eigenvalue weighted by Crippen LogP contribution is -2.29. The topological polar surface area (TPSA) is 72.2 Å². The highest BCUT2D eigenvalue weighted by molar-refractivity contribution is 6.31. The largest absolute Gasteiger partial charge is 0.351 e. The Morgan fingerprint density at radius 3 is 2.04 bits per heavy atom. The van der Waals surface area contributed by atoms with Crippen LogP contribution in [0.4, 0.5) is 5.69 Å². The van der Waals surface area contributed by atoms with Crippen molar-refractivity contribution in [3.8, 4) is 0 Å². The van der Waals surface area contributed by atoms with E-state index < -0.39 is 10.8 Å². The molecule has 0 aromatic heterocycles. The first-order chi connectivity index (χ1) is 13.1. The minimum atomic E-state index is -0.586. The third-order valence-corrected chi connectivity index (χ3v) is 4.51. The summed E-state index contributed by atoms with van der Waals surface area (Å²) in [5, 5.41) is 14.3. The fraction of sp³-hybridized carbons (Fsp3) is 0.0952. The molecule has 136 valence electrons. The zero-order valence-corrected chi connectivity index (χ0v) is 15.1. The molecule has 0 unspecified atom stereocenters. The molecule has 0 radical (unpaired) electrons. The number of carbonyl (C=O) groups excluding carboxylic acids is 1. The molecular weight excluding hydrogens is 364 g/mol. The number of amides is 1. The molecule has 6 heteroatoms. The molecule has 0 spiro atoms. The van der Waals surface area contributed by atoms with Gasteiger partial charge in [0.05, 0.1) is 4.92 Å². The number of benzene rings is 3. The van der Waals surface area contributed by atoms with Gasteiger partial charge in [-0.2, -0.15) is 0 Å². The Hall–Kier alpha value is -3.18. The van der Waals surface area contributed by atoms with Crippen LogP contribution in [-0.4, -0.2) is 17.4 Å². The molecule has 1 amide bonds. The number of halogens is 1. The van der Waals surface area contributed by atoms with Crippen LogP contribution in [0.5, 0.6) is 0 Å². The summed E-state index contributed by atoms with van der Waals surface area (Å²) in [7, 11) is 0. The van der Waals surface area contributed by atoms with E-state index in [1.165, 1.54) is 18.2 Å². The predicted octanol–water partition coefficient (Wildman–Crippen LogP) is 4.81. The highest BCUT2D eigenvalue weighted by atomic mass is 35.5. The van der Waals surface area contributed by atoms with Gasteiger partial charge in [0.15, 0.2) is 0 Å². The number of nitrogens with one attached hydrogen (secondary N) is 1. The number of hydrogen-bond donors (Lipinski definition) is 1. The summed E-state index contributed by atoms with van der Waals surface area (Å²) in [6, 6.07) is 23.5. The lowest BCUT2D eigenvalue weighted by Gasteiger charge is -2.19. The van der Waals surface area contributed by atoms with Gasteiger partial charge in [0.1, 0.15) is 5.56 Å². The third kappa shape index (κ3) is 4.51. The van der Waals surface area contributed by atoms with Gasteiger partial charge in [0.25, 0.3) is 11.6 Å². The Kier molecular flexibility index (Phi) is 5.84. The van der Waals surface area contributed by atoms with Crippen LogP contribution in [0.25, 0.3) is 0 Å². The van der Waals surface area contributed by atoms with E-state index in [1.54, 1.807) is 0 Å². The first-order valence-electron chi connectivity index (χ1n) is 8.38. The lowest BCUT2D eigenvalue weighted by molar-refractivity contribution is -0.385. The molecule has 5 nitrogen and oxygen atoms in total. The summed E-state index contributed by atoms with van der Waals surface area (Å²) in [6.45, 7) is 0.302. The standard InChI is InChI=1S/C21H17ClN2O3/c22-17-11-12-20(24(26)27)18(13-17)21(25)23-14-19(15-7-3-1-4-8-15)16-9-5-2-6-10-16/h1-13,19H,14H2,(H,23,25). The number of rotatable bonds is 6. The maximum Gasteiger partial charge on any atom is 0.282 e. The van der Waals surface area contributed by atoms with Crippen LogP contribution >= 0.6 is 11.6 Å². The van der Waals surface area contributed by atoms with Crippen molar-refractivity contribution in [1.82, 2.24) is 5.32 Å². The molecule has 0 aliphatic carbocycles. The SMILES string of the molecule is O=C(NCC(c1ccccc1)c1ccccc1)c1cc(Cl)ccc1[N+](=O)[O-]. The second-order valence-electron chi connectivity index (χ2n) is 6.00. The normalized spacial score (nSPS) is 10.6. The van der Waals surface area contributed by atoms with E-state index >= 15 is 0 Å². The van der Waals surface area contributed by atoms with Gasteiger partial charge < -0.3 is 5.32 Å². The van der Waals surface area contributed by atoms with Gasteiger partial charge in [-0.15, -0.1) is 0 Å². The van der Waals surface area contributed by atoms with Crippen LogP contribution in [0.15, 0.2) is 78.9 Å². The molecule has 0 aliphatic rings. The summed E-state index contributed by atoms with van der Waals surface area (Å²) < 4.78 is 0. The first kappa shape index (κ1) is 18.6. The Bertz CT molecular complexity index is 907. The van der Waals surface area contributed by atoms with Crippen molar-refractivity contribution in [2.24, 2.45) is 0 Å². The molecule has 0 saturated carbocycles. The third-order valence-electron chi connectivity index (χ3n) is 4.27. The van der Waals surface area contributed by atoms with Crippen molar-refractivity contribution in [2.75, 3.05) is 6.54 Å². The van der Waals surface area contributed by atoms with Gasteiger partial charge in [-0.3, -0.25) is 14.9 Å². The van der Waals surface area contributed by atoms with Crippen molar-refractivity contribution in [3.05, 3.63) is 111 Å². The molecule has 0 aliphatic heterocycles. The second-order valence-corrected chi connectivity index (χ2v) is 6.44. The quantitative estimate of drug-likeness (QED) is 0.492. The van der Waals surface area contributed by atoms with Gasteiger partial charge in [-0.1, -0.05) is 72.3 Å². The average molecular weight is 381 g/mol. The fourth-order valence-electron chi connectivity index (χ4n) is 2.94. The monoisotopic (exact) mass is 380 g/mol. The van der Waals surface area contributed by atoms with E-state index in [0.29, 0.717) is 6.54 Å². The van der Waals surface area contributed by atoms with Crippen molar-refractivity contribution in [1.29, 1.82) is 0 Å². The molecule has 0 fully saturated rings. The summed E-state index contributed by atoms with van der Waals surface area (Å²) in [4.78, 5) is 23.2.